The molecule has 0 aliphatic carbocycles. The Morgan fingerprint density at radius 1 is 1.56 bits per heavy atom. The second-order valence-electron chi connectivity index (χ2n) is 4.62. The lowest BCUT2D eigenvalue weighted by molar-refractivity contribution is -0.133. The Bertz CT molecular complexity index is 493. The fourth-order valence-corrected chi connectivity index (χ4v) is 3.38. The normalized spacial score (nSPS) is 17.3. The zero-order valence-electron chi connectivity index (χ0n) is 10.6. The highest BCUT2D eigenvalue weighted by molar-refractivity contribution is 7.99. The Morgan fingerprint density at radius 2 is 2.28 bits per heavy atom. The number of nitriles is 1. The van der Waals surface area contributed by atoms with Crippen LogP contribution >= 0.6 is 11.8 Å². The minimum atomic E-state index is -0.0954. The molecule has 0 fully saturated rings. The van der Waals surface area contributed by atoms with Crippen LogP contribution in [-0.2, 0) is 4.79 Å². The second kappa shape index (κ2) is 5.45. The van der Waals surface area contributed by atoms with Crippen LogP contribution in [0.5, 0.6) is 0 Å². The average molecular weight is 260 g/mol. The number of carbonyl (C=O) groups is 1. The molecule has 1 atom stereocenters. The molecule has 18 heavy (non-hydrogen) atoms. The number of carbonyl (C=O) groups excluding carboxylic acids is 1. The van der Waals surface area contributed by atoms with E-state index in [2.05, 4.69) is 12.1 Å². The molecule has 1 unspecified atom stereocenters. The largest absolute Gasteiger partial charge is 0.326 e. The Kier molecular flexibility index (Phi) is 3.93. The number of fused-ring (bicyclic) bond motifs is 1. The highest BCUT2D eigenvalue weighted by atomic mass is 32.2. The Balaban J connectivity index is 2.23. The summed E-state index contributed by atoms with van der Waals surface area (Å²) in [6.45, 7) is 4.06. The molecule has 1 amide bonds. The topological polar surface area (TPSA) is 44.1 Å². The van der Waals surface area contributed by atoms with E-state index in [4.69, 9.17) is 5.26 Å². The van der Waals surface area contributed by atoms with Gasteiger partial charge in [-0.3, -0.25) is 4.79 Å². The van der Waals surface area contributed by atoms with Crippen LogP contribution in [0.4, 0.5) is 0 Å². The first-order valence-corrected chi connectivity index (χ1v) is 7.03. The molecule has 0 saturated carbocycles. The highest BCUT2D eigenvalue weighted by Gasteiger charge is 2.32. The van der Waals surface area contributed by atoms with E-state index in [0.717, 1.165) is 11.3 Å². The summed E-state index contributed by atoms with van der Waals surface area (Å²) in [5.41, 5.74) is 1.11. The van der Waals surface area contributed by atoms with Gasteiger partial charge in [0.25, 0.3) is 0 Å². The first-order valence-electron chi connectivity index (χ1n) is 6.04. The van der Waals surface area contributed by atoms with Crippen molar-refractivity contribution in [3.8, 4) is 6.07 Å². The number of rotatable bonds is 3. The maximum Gasteiger partial charge on any atom is 0.232 e. The molecule has 1 aromatic rings. The van der Waals surface area contributed by atoms with Crippen molar-refractivity contribution in [1.82, 2.24) is 4.90 Å². The maximum atomic E-state index is 12.5. The van der Waals surface area contributed by atoms with E-state index in [-0.39, 0.29) is 24.4 Å². The van der Waals surface area contributed by atoms with Crippen LogP contribution in [0.1, 0.15) is 25.3 Å². The third kappa shape index (κ3) is 2.37. The van der Waals surface area contributed by atoms with Crippen molar-refractivity contribution in [3.63, 3.8) is 0 Å². The van der Waals surface area contributed by atoms with Gasteiger partial charge in [0.15, 0.2) is 0 Å². The van der Waals surface area contributed by atoms with Gasteiger partial charge in [0.05, 0.1) is 12.0 Å². The SMILES string of the molecule is CC(C)N(CC#N)C(=O)C1CSc2ccccc21. The van der Waals surface area contributed by atoms with Gasteiger partial charge in [0.2, 0.25) is 5.91 Å². The third-order valence-electron chi connectivity index (χ3n) is 3.15. The van der Waals surface area contributed by atoms with Crippen LogP contribution < -0.4 is 0 Å². The van der Waals surface area contributed by atoms with E-state index in [1.54, 1.807) is 16.7 Å². The van der Waals surface area contributed by atoms with Gasteiger partial charge in [0.1, 0.15) is 6.54 Å². The molecule has 4 heteroatoms. The Morgan fingerprint density at radius 3 is 2.94 bits per heavy atom. The summed E-state index contributed by atoms with van der Waals surface area (Å²) in [6, 6.07) is 10.2. The van der Waals surface area contributed by atoms with Crippen molar-refractivity contribution in [1.29, 1.82) is 5.26 Å². The molecule has 1 aromatic carbocycles. The number of benzene rings is 1. The number of thioether (sulfide) groups is 1. The lowest BCUT2D eigenvalue weighted by Gasteiger charge is -2.26. The zero-order chi connectivity index (χ0) is 13.1. The van der Waals surface area contributed by atoms with Crippen molar-refractivity contribution in [2.24, 2.45) is 0 Å². The first-order chi connectivity index (χ1) is 8.65. The number of nitrogens with zero attached hydrogens (tertiary/aromatic N) is 2. The van der Waals surface area contributed by atoms with Gasteiger partial charge in [0, 0.05) is 16.7 Å². The third-order valence-corrected chi connectivity index (χ3v) is 4.33. The van der Waals surface area contributed by atoms with E-state index in [1.807, 2.05) is 32.0 Å². The summed E-state index contributed by atoms with van der Waals surface area (Å²) in [5.74, 6) is 0.762. The van der Waals surface area contributed by atoms with Gasteiger partial charge in [-0.15, -0.1) is 11.8 Å². The fraction of sp³-hybridized carbons (Fsp3) is 0.429. The molecule has 94 valence electrons. The van der Waals surface area contributed by atoms with E-state index in [1.165, 1.54) is 4.90 Å². The highest BCUT2D eigenvalue weighted by Crippen LogP contribution is 2.40. The van der Waals surface area contributed by atoms with Gasteiger partial charge >= 0.3 is 0 Å². The van der Waals surface area contributed by atoms with Gasteiger partial charge in [-0.05, 0) is 25.5 Å². The monoisotopic (exact) mass is 260 g/mol. The fourth-order valence-electron chi connectivity index (χ4n) is 2.16. The quantitative estimate of drug-likeness (QED) is 0.785. The molecule has 0 N–H and O–H groups in total. The summed E-state index contributed by atoms with van der Waals surface area (Å²) >= 11 is 1.72. The minimum Gasteiger partial charge on any atom is -0.326 e. The Hall–Kier alpha value is -1.47. The summed E-state index contributed by atoms with van der Waals surface area (Å²) in [6.07, 6.45) is 0. The van der Waals surface area contributed by atoms with Crippen LogP contribution in [0.15, 0.2) is 29.2 Å². The molecule has 2 rings (SSSR count). The second-order valence-corrected chi connectivity index (χ2v) is 5.68. The van der Waals surface area contributed by atoms with Crippen LogP contribution in [0.25, 0.3) is 0 Å². The van der Waals surface area contributed by atoms with E-state index in [0.29, 0.717) is 0 Å². The molecule has 1 aliphatic heterocycles. The minimum absolute atomic E-state index is 0.0647. The lowest BCUT2D eigenvalue weighted by Crippen LogP contribution is -2.40. The number of amides is 1. The smallest absolute Gasteiger partial charge is 0.232 e. The van der Waals surface area contributed by atoms with E-state index >= 15 is 0 Å². The van der Waals surface area contributed by atoms with Crippen LogP contribution in [-0.4, -0.2) is 29.1 Å². The zero-order valence-corrected chi connectivity index (χ0v) is 11.4. The van der Waals surface area contributed by atoms with Crippen molar-refractivity contribution < 1.29 is 4.79 Å². The molecule has 0 bridgehead atoms. The maximum absolute atomic E-state index is 12.5. The van der Waals surface area contributed by atoms with Crippen molar-refractivity contribution in [2.45, 2.75) is 30.7 Å². The molecule has 0 radical (unpaired) electrons. The molecule has 0 aromatic heterocycles. The van der Waals surface area contributed by atoms with Gasteiger partial charge < -0.3 is 4.90 Å². The van der Waals surface area contributed by atoms with Crippen LogP contribution in [0.2, 0.25) is 0 Å². The summed E-state index contributed by atoms with van der Waals surface area (Å²) < 4.78 is 0. The summed E-state index contributed by atoms with van der Waals surface area (Å²) in [4.78, 5) is 15.4. The van der Waals surface area contributed by atoms with Crippen molar-refractivity contribution in [2.75, 3.05) is 12.3 Å². The molecular formula is C14H16N2OS. The molecule has 3 nitrogen and oxygen atoms in total. The molecular weight excluding hydrogens is 244 g/mol. The van der Waals surface area contributed by atoms with Crippen molar-refractivity contribution >= 4 is 17.7 Å². The first kappa shape index (κ1) is 13.0. The summed E-state index contributed by atoms with van der Waals surface area (Å²) in [7, 11) is 0. The van der Waals surface area contributed by atoms with E-state index in [9.17, 15) is 4.79 Å². The molecule has 0 saturated heterocycles. The Labute approximate surface area is 112 Å². The molecule has 0 spiro atoms. The standard InChI is InChI=1S/C14H16N2OS/c1-10(2)16(8-7-15)14(17)12-9-18-13-6-4-3-5-11(12)13/h3-6,10,12H,8-9H2,1-2H3. The predicted octanol–water partition coefficient (Wildman–Crippen LogP) is 2.64. The molecule has 1 aliphatic rings. The van der Waals surface area contributed by atoms with Crippen molar-refractivity contribution in [3.05, 3.63) is 29.8 Å². The van der Waals surface area contributed by atoms with Gasteiger partial charge in [-0.2, -0.15) is 5.26 Å². The average Bonchev–Trinajstić information content (AvgIpc) is 2.78. The molecule has 1 heterocycles. The predicted molar refractivity (Wildman–Crippen MR) is 72.4 cm³/mol. The van der Waals surface area contributed by atoms with E-state index < -0.39 is 0 Å². The number of hydrogen-bond donors (Lipinski definition) is 0. The van der Waals surface area contributed by atoms with Gasteiger partial charge in [-0.1, -0.05) is 18.2 Å². The van der Waals surface area contributed by atoms with Crippen LogP contribution in [0, 0.1) is 11.3 Å². The number of hydrogen-bond acceptors (Lipinski definition) is 3. The van der Waals surface area contributed by atoms with Crippen LogP contribution in [0.3, 0.4) is 0 Å². The summed E-state index contributed by atoms with van der Waals surface area (Å²) in [5, 5.41) is 8.82. The van der Waals surface area contributed by atoms with Gasteiger partial charge in [-0.25, -0.2) is 0 Å². The lowest BCUT2D eigenvalue weighted by atomic mass is 9.99.